The molecule has 0 unspecified atom stereocenters. The molecule has 0 amide bonds. The fraction of sp³-hybridized carbons (Fsp3) is 0.533. The standard InChI is InChI=1S/C45H56N2O7/c46-27-53-38-21-29(11-15-35(38)49)10-13-32(48)23-36(50)33-14-12-30-22-31(20-28-8-2-1-3-9-28)40(33)34-24-37(51)42(52)43(41(30)34)54-39-25-45(18-6-7-19-45)47-26-44(39)16-4-5-17-44/h1-3,8-9,11-12,14-15,21,24,30-31,33,36,39-40,47,49-52H,4-7,10,13,16-20,22-23,25-27,46H2/t30-,31-,33-,36-,39+,40-/m0/s1. The Morgan fingerprint density at radius 2 is 1.69 bits per heavy atom. The molecule has 6 atom stereocenters. The SMILES string of the molecule is NCOc1cc(CCC(=O)C[C@H](O)[C@@H]2C=C[C@H]3C[C@H](Cc4ccccc4)[C@@H]2c2cc(O)c(O)c(O[C@@H]4CC5(CCCC5)NCC45CCCC5)c23)ccc1O. The molecule has 3 aromatic carbocycles. The molecule has 1 saturated heterocycles. The minimum Gasteiger partial charge on any atom is -0.504 e. The van der Waals surface area contributed by atoms with Gasteiger partial charge >= 0.3 is 0 Å². The number of nitrogens with two attached hydrogens (primary N) is 1. The van der Waals surface area contributed by atoms with E-state index < -0.39 is 6.10 Å². The van der Waals surface area contributed by atoms with E-state index in [2.05, 4.69) is 29.6 Å². The van der Waals surface area contributed by atoms with E-state index in [-0.39, 0.29) is 89.1 Å². The van der Waals surface area contributed by atoms with Gasteiger partial charge in [-0.2, -0.15) is 0 Å². The van der Waals surface area contributed by atoms with Gasteiger partial charge in [-0.25, -0.2) is 0 Å². The van der Waals surface area contributed by atoms with Gasteiger partial charge in [-0.1, -0.05) is 74.2 Å². The highest BCUT2D eigenvalue weighted by atomic mass is 16.5. The summed E-state index contributed by atoms with van der Waals surface area (Å²) in [5.74, 6) is -0.335. The van der Waals surface area contributed by atoms with Crippen molar-refractivity contribution < 1.29 is 34.7 Å². The van der Waals surface area contributed by atoms with Crippen molar-refractivity contribution in [2.45, 2.75) is 119 Å². The number of rotatable bonds is 12. The third kappa shape index (κ3) is 7.11. The lowest BCUT2D eigenvalue weighted by atomic mass is 9.65. The molecule has 3 aromatic rings. The first-order valence-electron chi connectivity index (χ1n) is 20.2. The largest absolute Gasteiger partial charge is 0.504 e. The van der Waals surface area contributed by atoms with Gasteiger partial charge < -0.3 is 35.2 Å². The molecule has 5 aliphatic carbocycles. The first-order chi connectivity index (χ1) is 26.2. The van der Waals surface area contributed by atoms with Crippen LogP contribution in [-0.4, -0.2) is 57.2 Å². The fourth-order valence-electron chi connectivity index (χ4n) is 11.0. The molecule has 0 aromatic heterocycles. The summed E-state index contributed by atoms with van der Waals surface area (Å²) in [6, 6.07) is 17.1. The second-order valence-electron chi connectivity index (χ2n) is 17.0. The number of piperidine rings is 1. The van der Waals surface area contributed by atoms with E-state index in [1.165, 1.54) is 37.3 Å². The number of hydrogen-bond donors (Lipinski definition) is 6. The lowest BCUT2D eigenvalue weighted by Crippen LogP contribution is -2.61. The highest BCUT2D eigenvalue weighted by Gasteiger charge is 2.53. The van der Waals surface area contributed by atoms with E-state index in [1.54, 1.807) is 18.2 Å². The monoisotopic (exact) mass is 736 g/mol. The van der Waals surface area contributed by atoms with Crippen LogP contribution in [0.15, 0.2) is 66.7 Å². The van der Waals surface area contributed by atoms with Crippen LogP contribution in [0.5, 0.6) is 28.7 Å². The Labute approximate surface area is 318 Å². The van der Waals surface area contributed by atoms with Crippen molar-refractivity contribution in [2.75, 3.05) is 13.3 Å². The number of carbonyl (C=O) groups is 1. The van der Waals surface area contributed by atoms with E-state index >= 15 is 0 Å². The molecule has 288 valence electrons. The fourth-order valence-corrected chi connectivity index (χ4v) is 11.0. The summed E-state index contributed by atoms with van der Waals surface area (Å²) in [6.45, 7) is 0.847. The lowest BCUT2D eigenvalue weighted by molar-refractivity contribution is -0.121. The zero-order chi connectivity index (χ0) is 37.5. The number of phenolic OH excluding ortho intramolecular Hbond substituents is 3. The van der Waals surface area contributed by atoms with E-state index in [4.69, 9.17) is 15.2 Å². The van der Waals surface area contributed by atoms with Crippen molar-refractivity contribution in [2.24, 2.45) is 23.0 Å². The highest BCUT2D eigenvalue weighted by Crippen LogP contribution is 2.59. The molecule has 9 rings (SSSR count). The molecule has 2 spiro atoms. The average Bonchev–Trinajstić information content (AvgIpc) is 3.76. The van der Waals surface area contributed by atoms with Crippen molar-refractivity contribution in [1.82, 2.24) is 5.32 Å². The number of aliphatic hydroxyl groups is 1. The third-order valence-electron chi connectivity index (χ3n) is 13.8. The lowest BCUT2D eigenvalue weighted by Gasteiger charge is -2.50. The van der Waals surface area contributed by atoms with Crippen LogP contribution in [0.3, 0.4) is 0 Å². The van der Waals surface area contributed by atoms with E-state index in [9.17, 15) is 25.2 Å². The van der Waals surface area contributed by atoms with Crippen LogP contribution in [0.1, 0.15) is 111 Å². The second-order valence-corrected chi connectivity index (χ2v) is 17.0. The Morgan fingerprint density at radius 1 is 0.926 bits per heavy atom. The number of fused-ring (bicyclic) bond motifs is 2. The number of aryl methyl sites for hydroxylation is 1. The van der Waals surface area contributed by atoms with Gasteiger partial charge in [0.15, 0.2) is 23.0 Å². The molecule has 9 heteroatoms. The smallest absolute Gasteiger partial charge is 0.200 e. The minimum absolute atomic E-state index is 0.00765. The van der Waals surface area contributed by atoms with Crippen molar-refractivity contribution in [1.29, 1.82) is 0 Å². The van der Waals surface area contributed by atoms with Crippen LogP contribution >= 0.6 is 0 Å². The molecule has 7 N–H and O–H groups in total. The number of ether oxygens (including phenoxy) is 2. The van der Waals surface area contributed by atoms with Gasteiger partial charge in [-0.05, 0) is 91.7 Å². The van der Waals surface area contributed by atoms with Crippen LogP contribution in [0.25, 0.3) is 0 Å². The first kappa shape index (κ1) is 36.9. The maximum Gasteiger partial charge on any atom is 0.200 e. The molecule has 1 aliphatic heterocycles. The Hall–Kier alpha value is -4.05. The number of hydrogen-bond acceptors (Lipinski definition) is 9. The van der Waals surface area contributed by atoms with Crippen LogP contribution in [0.4, 0.5) is 0 Å². The van der Waals surface area contributed by atoms with Crippen LogP contribution in [-0.2, 0) is 17.6 Å². The molecule has 1 heterocycles. The van der Waals surface area contributed by atoms with Crippen molar-refractivity contribution in [3.63, 3.8) is 0 Å². The van der Waals surface area contributed by atoms with Gasteiger partial charge in [0.1, 0.15) is 18.6 Å². The molecule has 6 aliphatic rings. The molecule has 0 radical (unpaired) electrons. The van der Waals surface area contributed by atoms with Gasteiger partial charge in [0.25, 0.3) is 0 Å². The Bertz CT molecular complexity index is 1850. The Morgan fingerprint density at radius 3 is 2.44 bits per heavy atom. The third-order valence-corrected chi connectivity index (χ3v) is 13.8. The van der Waals surface area contributed by atoms with Crippen LogP contribution < -0.4 is 20.5 Å². The molecule has 54 heavy (non-hydrogen) atoms. The number of Topliss-reactive ketones (excluding diaryl/α,β-unsaturated/α-hetero) is 1. The molecule has 2 saturated carbocycles. The summed E-state index contributed by atoms with van der Waals surface area (Å²) < 4.78 is 12.5. The summed E-state index contributed by atoms with van der Waals surface area (Å²) >= 11 is 0. The van der Waals surface area contributed by atoms with E-state index in [1.807, 2.05) is 18.2 Å². The number of ketones is 1. The van der Waals surface area contributed by atoms with E-state index in [0.29, 0.717) is 12.2 Å². The topological polar surface area (TPSA) is 154 Å². The first-order valence-corrected chi connectivity index (χ1v) is 20.2. The maximum absolute atomic E-state index is 13.5. The molecule has 2 bridgehead atoms. The normalized spacial score (nSPS) is 26.8. The number of phenols is 3. The van der Waals surface area contributed by atoms with Gasteiger partial charge in [0, 0.05) is 54.2 Å². The molecule has 9 nitrogen and oxygen atoms in total. The molecular formula is C45H56N2O7. The van der Waals surface area contributed by atoms with E-state index in [0.717, 1.165) is 68.2 Å². The maximum atomic E-state index is 13.5. The predicted molar refractivity (Wildman–Crippen MR) is 207 cm³/mol. The average molecular weight is 737 g/mol. The summed E-state index contributed by atoms with van der Waals surface area (Å²) in [7, 11) is 0. The number of allylic oxidation sites excluding steroid dienone is 1. The predicted octanol–water partition coefficient (Wildman–Crippen LogP) is 7.28. The minimum atomic E-state index is -0.952. The van der Waals surface area contributed by atoms with Crippen molar-refractivity contribution in [3.8, 4) is 28.7 Å². The zero-order valence-electron chi connectivity index (χ0n) is 31.2. The Kier molecular flexibility index (Phi) is 10.4. The van der Waals surface area contributed by atoms with Gasteiger partial charge in [0.2, 0.25) is 5.75 Å². The quantitative estimate of drug-likeness (QED) is 0.0640. The second kappa shape index (κ2) is 15.2. The summed E-state index contributed by atoms with van der Waals surface area (Å²) in [6.07, 6.45) is 15.6. The van der Waals surface area contributed by atoms with Crippen molar-refractivity contribution >= 4 is 5.78 Å². The van der Waals surface area contributed by atoms with Gasteiger partial charge in [0.05, 0.1) is 6.10 Å². The van der Waals surface area contributed by atoms with Gasteiger partial charge in [-0.3, -0.25) is 10.5 Å². The summed E-state index contributed by atoms with van der Waals surface area (Å²) in [5, 5.41) is 49.1. The van der Waals surface area contributed by atoms with Crippen LogP contribution in [0, 0.1) is 17.3 Å². The number of nitrogens with one attached hydrogen (secondary N) is 1. The van der Waals surface area contributed by atoms with Gasteiger partial charge in [-0.15, -0.1) is 0 Å². The summed E-state index contributed by atoms with van der Waals surface area (Å²) in [5.41, 5.74) is 9.42. The number of carbonyl (C=O) groups excluding carboxylic acids is 1. The zero-order valence-corrected chi connectivity index (χ0v) is 31.2. The van der Waals surface area contributed by atoms with Crippen molar-refractivity contribution in [3.05, 3.63) is 89.0 Å². The summed E-state index contributed by atoms with van der Waals surface area (Å²) in [4.78, 5) is 13.5. The highest BCUT2D eigenvalue weighted by molar-refractivity contribution is 5.79. The number of aliphatic hydroxyl groups excluding tert-OH is 1. The van der Waals surface area contributed by atoms with Crippen LogP contribution in [0.2, 0.25) is 0 Å². The molecule has 3 fully saturated rings. The number of aromatic hydroxyl groups is 3. The Balaban J connectivity index is 1.10. The molecular weight excluding hydrogens is 681 g/mol. The number of benzene rings is 3.